The fourth-order valence-electron chi connectivity index (χ4n) is 2.39. The van der Waals surface area contributed by atoms with Gasteiger partial charge in [0.1, 0.15) is 0 Å². The van der Waals surface area contributed by atoms with Gasteiger partial charge in [-0.3, -0.25) is 14.2 Å². The molecular formula is C15H16N4O. The van der Waals surface area contributed by atoms with Gasteiger partial charge in [-0.15, -0.1) is 0 Å². The SMILES string of the molecule is Cn1nccc1C=C1CCC(=Cc2ccnn2C)C1=O. The Morgan fingerprint density at radius 2 is 1.40 bits per heavy atom. The topological polar surface area (TPSA) is 52.7 Å². The molecule has 0 N–H and O–H groups in total. The fraction of sp³-hybridized carbons (Fsp3) is 0.267. The standard InChI is InChI=1S/C15H16N4O/c1-18-13(5-7-16-18)9-11-3-4-12(15(11)20)10-14-6-8-17-19(14)2/h5-10H,3-4H2,1-2H3. The predicted octanol–water partition coefficient (Wildman–Crippen LogP) is 1.98. The molecule has 20 heavy (non-hydrogen) atoms. The smallest absolute Gasteiger partial charge is 0.185 e. The number of carbonyl (C=O) groups is 1. The summed E-state index contributed by atoms with van der Waals surface area (Å²) in [7, 11) is 3.75. The van der Waals surface area contributed by atoms with Gasteiger partial charge in [0, 0.05) is 37.6 Å². The van der Waals surface area contributed by atoms with Crippen LogP contribution in [0.5, 0.6) is 0 Å². The molecule has 0 amide bonds. The van der Waals surface area contributed by atoms with Crippen molar-refractivity contribution in [3.05, 3.63) is 47.1 Å². The molecule has 1 fully saturated rings. The molecule has 3 rings (SSSR count). The van der Waals surface area contributed by atoms with Crippen LogP contribution in [-0.2, 0) is 18.9 Å². The molecule has 0 bridgehead atoms. The molecule has 1 aliphatic rings. The molecule has 0 spiro atoms. The number of rotatable bonds is 2. The first-order valence-electron chi connectivity index (χ1n) is 6.57. The normalized spacial score (nSPS) is 19.4. The van der Waals surface area contributed by atoms with Crippen LogP contribution in [0.15, 0.2) is 35.7 Å². The van der Waals surface area contributed by atoms with Crippen LogP contribution in [0.3, 0.4) is 0 Å². The van der Waals surface area contributed by atoms with Gasteiger partial charge in [0.25, 0.3) is 0 Å². The zero-order chi connectivity index (χ0) is 14.1. The summed E-state index contributed by atoms with van der Waals surface area (Å²) in [4.78, 5) is 12.4. The molecule has 2 aromatic heterocycles. The summed E-state index contributed by atoms with van der Waals surface area (Å²) in [6.45, 7) is 0. The van der Waals surface area contributed by atoms with E-state index in [4.69, 9.17) is 0 Å². The summed E-state index contributed by atoms with van der Waals surface area (Å²) in [6.07, 6.45) is 8.90. The van der Waals surface area contributed by atoms with Crippen LogP contribution < -0.4 is 0 Å². The van der Waals surface area contributed by atoms with Crippen molar-refractivity contribution < 1.29 is 4.79 Å². The first kappa shape index (κ1) is 12.6. The molecule has 5 heteroatoms. The number of allylic oxidation sites excluding steroid dienone is 2. The molecule has 2 aromatic rings. The summed E-state index contributed by atoms with van der Waals surface area (Å²) in [6, 6.07) is 3.81. The molecule has 0 aliphatic heterocycles. The Labute approximate surface area is 117 Å². The fourth-order valence-corrected chi connectivity index (χ4v) is 2.39. The number of hydrogen-bond donors (Lipinski definition) is 0. The molecular weight excluding hydrogens is 252 g/mol. The van der Waals surface area contributed by atoms with Crippen molar-refractivity contribution in [2.75, 3.05) is 0 Å². The summed E-state index contributed by atoms with van der Waals surface area (Å²) in [5, 5.41) is 8.22. The summed E-state index contributed by atoms with van der Waals surface area (Å²) >= 11 is 0. The quantitative estimate of drug-likeness (QED) is 0.783. The third kappa shape index (κ3) is 2.22. The number of carbonyl (C=O) groups excluding carboxylic acids is 1. The Morgan fingerprint density at radius 3 is 1.75 bits per heavy atom. The van der Waals surface area contributed by atoms with Crippen LogP contribution in [0.4, 0.5) is 0 Å². The molecule has 5 nitrogen and oxygen atoms in total. The van der Waals surface area contributed by atoms with E-state index in [1.807, 2.05) is 38.4 Å². The van der Waals surface area contributed by atoms with Crippen molar-refractivity contribution in [1.29, 1.82) is 0 Å². The Balaban J connectivity index is 1.88. The largest absolute Gasteiger partial charge is 0.289 e. The van der Waals surface area contributed by atoms with Crippen molar-refractivity contribution in [2.24, 2.45) is 14.1 Å². The molecule has 0 aromatic carbocycles. The molecule has 2 heterocycles. The number of Topliss-reactive ketones (excluding diaryl/α,β-unsaturated/α-hetero) is 1. The van der Waals surface area contributed by atoms with E-state index in [1.54, 1.807) is 21.8 Å². The van der Waals surface area contributed by atoms with Crippen LogP contribution in [0.25, 0.3) is 12.2 Å². The van der Waals surface area contributed by atoms with Gasteiger partial charge in [-0.2, -0.15) is 10.2 Å². The first-order valence-corrected chi connectivity index (χ1v) is 6.57. The van der Waals surface area contributed by atoms with Crippen molar-refractivity contribution >= 4 is 17.9 Å². The third-order valence-corrected chi connectivity index (χ3v) is 3.61. The summed E-state index contributed by atoms with van der Waals surface area (Å²) in [5.41, 5.74) is 3.61. The first-order chi connectivity index (χ1) is 9.65. The summed E-state index contributed by atoms with van der Waals surface area (Å²) in [5.74, 6) is 0.132. The third-order valence-electron chi connectivity index (χ3n) is 3.61. The Kier molecular flexibility index (Phi) is 3.10. The van der Waals surface area contributed by atoms with Gasteiger partial charge >= 0.3 is 0 Å². The molecule has 0 unspecified atom stereocenters. The number of aromatic nitrogens is 4. The van der Waals surface area contributed by atoms with E-state index in [-0.39, 0.29) is 5.78 Å². The zero-order valence-corrected chi connectivity index (χ0v) is 11.6. The Bertz CT molecular complexity index is 658. The average Bonchev–Trinajstić information content (AvgIpc) is 3.09. The van der Waals surface area contributed by atoms with Crippen LogP contribution in [0, 0.1) is 0 Å². The van der Waals surface area contributed by atoms with E-state index >= 15 is 0 Å². The minimum atomic E-state index is 0.132. The second kappa shape index (κ2) is 4.92. The molecule has 0 radical (unpaired) electrons. The molecule has 0 atom stereocenters. The average molecular weight is 268 g/mol. The minimum Gasteiger partial charge on any atom is -0.289 e. The highest BCUT2D eigenvalue weighted by Crippen LogP contribution is 2.29. The maximum Gasteiger partial charge on any atom is 0.185 e. The van der Waals surface area contributed by atoms with Gasteiger partial charge in [0.15, 0.2) is 5.78 Å². The van der Waals surface area contributed by atoms with Gasteiger partial charge in [-0.25, -0.2) is 0 Å². The van der Waals surface area contributed by atoms with E-state index in [2.05, 4.69) is 10.2 Å². The van der Waals surface area contributed by atoms with E-state index < -0.39 is 0 Å². The highest BCUT2D eigenvalue weighted by Gasteiger charge is 2.23. The molecule has 1 saturated carbocycles. The Hall–Kier alpha value is -2.43. The minimum absolute atomic E-state index is 0.132. The molecule has 1 aliphatic carbocycles. The Morgan fingerprint density at radius 1 is 0.950 bits per heavy atom. The van der Waals surface area contributed by atoms with Crippen LogP contribution in [0.1, 0.15) is 24.2 Å². The van der Waals surface area contributed by atoms with Crippen molar-refractivity contribution in [3.8, 4) is 0 Å². The lowest BCUT2D eigenvalue weighted by atomic mass is 10.1. The summed E-state index contributed by atoms with van der Waals surface area (Å²) < 4.78 is 3.53. The van der Waals surface area contributed by atoms with Gasteiger partial charge in [0.2, 0.25) is 0 Å². The zero-order valence-electron chi connectivity index (χ0n) is 11.6. The van der Waals surface area contributed by atoms with Crippen molar-refractivity contribution in [1.82, 2.24) is 19.6 Å². The number of hydrogen-bond acceptors (Lipinski definition) is 3. The number of ketones is 1. The monoisotopic (exact) mass is 268 g/mol. The van der Waals surface area contributed by atoms with Gasteiger partial charge in [-0.1, -0.05) is 0 Å². The molecule has 102 valence electrons. The van der Waals surface area contributed by atoms with Gasteiger partial charge in [0.05, 0.1) is 11.4 Å². The lowest BCUT2D eigenvalue weighted by Gasteiger charge is -1.98. The lowest BCUT2D eigenvalue weighted by Crippen LogP contribution is -1.99. The lowest BCUT2D eigenvalue weighted by molar-refractivity contribution is -0.111. The van der Waals surface area contributed by atoms with Crippen molar-refractivity contribution in [3.63, 3.8) is 0 Å². The van der Waals surface area contributed by atoms with Crippen LogP contribution in [0.2, 0.25) is 0 Å². The van der Waals surface area contributed by atoms with Gasteiger partial charge in [-0.05, 0) is 37.1 Å². The number of aryl methyl sites for hydroxylation is 2. The number of nitrogens with zero attached hydrogens (tertiary/aromatic N) is 4. The predicted molar refractivity (Wildman–Crippen MR) is 76.6 cm³/mol. The highest BCUT2D eigenvalue weighted by molar-refractivity contribution is 6.15. The van der Waals surface area contributed by atoms with Crippen LogP contribution >= 0.6 is 0 Å². The van der Waals surface area contributed by atoms with E-state index in [0.717, 1.165) is 35.4 Å². The molecule has 0 saturated heterocycles. The maximum absolute atomic E-state index is 12.4. The second-order valence-electron chi connectivity index (χ2n) is 4.93. The van der Waals surface area contributed by atoms with Crippen molar-refractivity contribution in [2.45, 2.75) is 12.8 Å². The van der Waals surface area contributed by atoms with Crippen LogP contribution in [-0.4, -0.2) is 25.3 Å². The second-order valence-corrected chi connectivity index (χ2v) is 4.93. The van der Waals surface area contributed by atoms with E-state index in [9.17, 15) is 4.79 Å². The maximum atomic E-state index is 12.4. The van der Waals surface area contributed by atoms with Gasteiger partial charge < -0.3 is 0 Å². The van der Waals surface area contributed by atoms with E-state index in [1.165, 1.54) is 0 Å². The van der Waals surface area contributed by atoms with E-state index in [0.29, 0.717) is 0 Å². The highest BCUT2D eigenvalue weighted by atomic mass is 16.1.